The van der Waals surface area contributed by atoms with Crippen LogP contribution < -0.4 is 0 Å². The molecule has 1 fully saturated rings. The van der Waals surface area contributed by atoms with Crippen LogP contribution in [0.25, 0.3) is 0 Å². The topological polar surface area (TPSA) is 21.8 Å². The first-order valence-electron chi connectivity index (χ1n) is 3.28. The standard InChI is InChI=1S/C7H8I2O2/c1-6(2-9-5-8-1)10-3-7-4-11-7/h1-2,5,7H,3-4H2. The fraction of sp³-hybridized carbons (Fsp3) is 0.429. The van der Waals surface area contributed by atoms with Crippen molar-refractivity contribution in [2.45, 2.75) is 6.10 Å². The molecule has 2 heterocycles. The molecule has 2 nitrogen and oxygen atoms in total. The molecule has 0 aromatic carbocycles. The second kappa shape index (κ2) is 4.08. The average molecular weight is 378 g/mol. The molecule has 4 heteroatoms. The van der Waals surface area contributed by atoms with E-state index in [-0.39, 0.29) is 41.5 Å². The summed E-state index contributed by atoms with van der Waals surface area (Å²) in [5, 5.41) is 0. The Morgan fingerprint density at radius 3 is 3.18 bits per heavy atom. The van der Waals surface area contributed by atoms with Gasteiger partial charge in [0.2, 0.25) is 0 Å². The Bertz CT molecular complexity index is 229. The normalized spacial score (nSPS) is 28.0. The molecule has 2 rings (SSSR count). The van der Waals surface area contributed by atoms with Crippen molar-refractivity contribution in [2.75, 3.05) is 13.2 Å². The van der Waals surface area contributed by atoms with E-state index in [1.165, 1.54) is 0 Å². The van der Waals surface area contributed by atoms with Gasteiger partial charge in [-0.05, 0) is 0 Å². The molecule has 0 aliphatic carbocycles. The summed E-state index contributed by atoms with van der Waals surface area (Å²) < 4.78 is 17.5. The highest BCUT2D eigenvalue weighted by Gasteiger charge is 2.23. The third kappa shape index (κ3) is 2.90. The molecule has 11 heavy (non-hydrogen) atoms. The molecule has 0 saturated carbocycles. The van der Waals surface area contributed by atoms with Gasteiger partial charge in [-0.15, -0.1) is 0 Å². The zero-order valence-electron chi connectivity index (χ0n) is 5.80. The summed E-state index contributed by atoms with van der Waals surface area (Å²) in [7, 11) is 0. The Morgan fingerprint density at radius 2 is 2.55 bits per heavy atom. The van der Waals surface area contributed by atoms with Crippen molar-refractivity contribution in [1.82, 2.24) is 0 Å². The summed E-state index contributed by atoms with van der Waals surface area (Å²) in [6.07, 6.45) is 0.395. The maximum Gasteiger partial charge on any atom is 0.130 e. The molecule has 62 valence electrons. The Morgan fingerprint density at radius 1 is 1.64 bits per heavy atom. The van der Waals surface area contributed by atoms with Crippen LogP contribution in [0.3, 0.4) is 0 Å². The first-order chi connectivity index (χ1) is 5.45. The third-order valence-electron chi connectivity index (χ3n) is 1.27. The van der Waals surface area contributed by atoms with Crippen molar-refractivity contribution in [3.63, 3.8) is 0 Å². The first-order valence-corrected chi connectivity index (χ1v) is 8.27. The minimum atomic E-state index is 0.227. The highest BCUT2D eigenvalue weighted by Crippen LogP contribution is 2.17. The summed E-state index contributed by atoms with van der Waals surface area (Å²) in [6.45, 7) is 1.65. The van der Waals surface area contributed by atoms with Crippen LogP contribution in [0.4, 0.5) is 0 Å². The van der Waals surface area contributed by atoms with Crippen molar-refractivity contribution in [2.24, 2.45) is 0 Å². The molecule has 1 saturated heterocycles. The van der Waals surface area contributed by atoms with Crippen molar-refractivity contribution in [3.05, 3.63) is 9.84 Å². The van der Waals surface area contributed by atoms with Crippen LogP contribution in [0.5, 0.6) is 0 Å². The van der Waals surface area contributed by atoms with Gasteiger partial charge < -0.3 is 9.47 Å². The zero-order chi connectivity index (χ0) is 7.52. The highest BCUT2D eigenvalue weighted by molar-refractivity contribution is 14.3. The van der Waals surface area contributed by atoms with Crippen molar-refractivity contribution >= 4 is 47.5 Å². The Balaban J connectivity index is 1.80. The smallest absolute Gasteiger partial charge is 0.130 e. The first kappa shape index (κ1) is 8.31. The highest BCUT2D eigenvalue weighted by atomic mass is 127. The number of halogens is 2. The van der Waals surface area contributed by atoms with Gasteiger partial charge in [0.15, 0.2) is 0 Å². The molecule has 1 unspecified atom stereocenters. The number of hydrogen-bond acceptors (Lipinski definition) is 2. The van der Waals surface area contributed by atoms with E-state index in [4.69, 9.17) is 9.47 Å². The van der Waals surface area contributed by atoms with E-state index in [2.05, 4.69) is 10.1 Å². The van der Waals surface area contributed by atoms with E-state index in [1.807, 2.05) is 0 Å². The Labute approximate surface area is 85.4 Å². The van der Waals surface area contributed by atoms with E-state index in [0.29, 0.717) is 6.10 Å². The Hall–Kier alpha value is 0.700. The van der Waals surface area contributed by atoms with Gasteiger partial charge in [-0.1, -0.05) is 41.5 Å². The van der Waals surface area contributed by atoms with Gasteiger partial charge in [0.05, 0.1) is 6.61 Å². The third-order valence-corrected chi connectivity index (χ3v) is 7.41. The quantitative estimate of drug-likeness (QED) is 0.552. The second-order valence-corrected chi connectivity index (χ2v) is 8.53. The molecular formula is C7H8I2O2. The lowest BCUT2D eigenvalue weighted by molar-refractivity contribution is 0.201. The summed E-state index contributed by atoms with van der Waals surface area (Å²) in [5.41, 5.74) is 0. The molecule has 0 aromatic rings. The van der Waals surface area contributed by atoms with E-state index in [1.54, 1.807) is 0 Å². The lowest BCUT2D eigenvalue weighted by atomic mass is 10.5. The van der Waals surface area contributed by atoms with Crippen molar-refractivity contribution in [1.29, 1.82) is 0 Å². The van der Waals surface area contributed by atoms with Gasteiger partial charge in [-0.2, -0.15) is 0 Å². The van der Waals surface area contributed by atoms with Crippen LogP contribution in [0.1, 0.15) is 0 Å². The Kier molecular flexibility index (Phi) is 3.08. The van der Waals surface area contributed by atoms with Crippen LogP contribution in [-0.4, -0.2) is 25.3 Å². The molecule has 0 amide bonds. The van der Waals surface area contributed by atoms with E-state index in [0.717, 1.165) is 19.0 Å². The van der Waals surface area contributed by atoms with Crippen LogP contribution in [0, 0.1) is 0 Å². The molecule has 0 N–H and O–H groups in total. The maximum atomic E-state index is 5.52. The van der Waals surface area contributed by atoms with Gasteiger partial charge in [-0.3, -0.25) is 0 Å². The van der Waals surface area contributed by atoms with Crippen LogP contribution in [0.2, 0.25) is 0 Å². The SMILES string of the molecule is C1=IC=C(OCC2CO2)C=I1. The molecule has 1 atom stereocenters. The maximum absolute atomic E-state index is 5.52. The molecule has 0 spiro atoms. The molecular weight excluding hydrogens is 370 g/mol. The number of hydrogen-bond donors (Lipinski definition) is 0. The van der Waals surface area contributed by atoms with E-state index >= 15 is 0 Å². The lowest BCUT2D eigenvalue weighted by Gasteiger charge is -2.03. The fourth-order valence-corrected chi connectivity index (χ4v) is 6.06. The molecule has 2 aliphatic heterocycles. The molecule has 2 aliphatic rings. The van der Waals surface area contributed by atoms with Crippen LogP contribution in [0.15, 0.2) is 9.84 Å². The predicted octanol–water partition coefficient (Wildman–Crippen LogP) is 1.76. The van der Waals surface area contributed by atoms with E-state index in [9.17, 15) is 0 Å². The van der Waals surface area contributed by atoms with Crippen LogP contribution in [-0.2, 0) is 9.47 Å². The monoisotopic (exact) mass is 378 g/mol. The molecule has 0 radical (unpaired) electrons. The molecule has 0 aromatic heterocycles. The van der Waals surface area contributed by atoms with Gasteiger partial charge in [0.1, 0.15) is 18.5 Å². The van der Waals surface area contributed by atoms with Gasteiger partial charge in [0.25, 0.3) is 0 Å². The van der Waals surface area contributed by atoms with Gasteiger partial charge in [0, 0.05) is 10.1 Å². The molecule has 0 bridgehead atoms. The fourth-order valence-electron chi connectivity index (χ4n) is 0.640. The van der Waals surface area contributed by atoms with Crippen molar-refractivity contribution < 1.29 is 9.47 Å². The minimum Gasteiger partial charge on any atom is -0.490 e. The second-order valence-electron chi connectivity index (χ2n) is 2.22. The minimum absolute atomic E-state index is 0.227. The summed E-state index contributed by atoms with van der Waals surface area (Å²) in [5.74, 6) is 1.13. The van der Waals surface area contributed by atoms with Crippen LogP contribution >= 0.6 is 41.5 Å². The van der Waals surface area contributed by atoms with Gasteiger partial charge in [-0.25, -0.2) is 0 Å². The average Bonchev–Trinajstić information content (AvgIpc) is 2.86. The van der Waals surface area contributed by atoms with Gasteiger partial charge >= 0.3 is 0 Å². The number of epoxide rings is 1. The zero-order valence-corrected chi connectivity index (χ0v) is 10.1. The largest absolute Gasteiger partial charge is 0.490 e. The van der Waals surface area contributed by atoms with Crippen molar-refractivity contribution in [3.8, 4) is 0 Å². The summed E-state index contributed by atoms with van der Waals surface area (Å²) >= 11 is 0.455. The predicted molar refractivity (Wildman–Crippen MR) is 63.9 cm³/mol. The van der Waals surface area contributed by atoms with E-state index < -0.39 is 0 Å². The number of ether oxygens (including phenoxy) is 2. The summed E-state index contributed by atoms with van der Waals surface area (Å²) in [6, 6.07) is 0. The number of rotatable bonds is 3. The summed E-state index contributed by atoms with van der Waals surface area (Å²) in [4.78, 5) is 0. The lowest BCUT2D eigenvalue weighted by Crippen LogP contribution is -2.01. The number of allylic oxidation sites excluding steroid dienone is 1.